The average Bonchev–Trinajstić information content (AvgIpc) is 3.01. The SMILES string of the molecule is CCOC(c1ncc(CNC2CC2)[nH]1)C(C)C. The number of nitrogens with one attached hydrogen (secondary N) is 2. The van der Waals surface area contributed by atoms with Gasteiger partial charge in [0.05, 0.1) is 0 Å². The molecule has 0 amide bonds. The maximum absolute atomic E-state index is 5.73. The first-order valence-corrected chi connectivity index (χ1v) is 6.59. The van der Waals surface area contributed by atoms with Crippen LogP contribution in [0, 0.1) is 5.92 Å². The van der Waals surface area contributed by atoms with Gasteiger partial charge in [-0.25, -0.2) is 4.98 Å². The topological polar surface area (TPSA) is 49.9 Å². The average molecular weight is 237 g/mol. The van der Waals surface area contributed by atoms with E-state index in [9.17, 15) is 0 Å². The Bertz CT molecular complexity index is 344. The zero-order valence-electron chi connectivity index (χ0n) is 11.0. The highest BCUT2D eigenvalue weighted by Crippen LogP contribution is 2.23. The lowest BCUT2D eigenvalue weighted by atomic mass is 10.1. The molecule has 4 heteroatoms. The first kappa shape index (κ1) is 12.6. The molecule has 2 rings (SSSR count). The Morgan fingerprint density at radius 1 is 1.53 bits per heavy atom. The van der Waals surface area contributed by atoms with Crippen molar-refractivity contribution in [3.8, 4) is 0 Å². The van der Waals surface area contributed by atoms with Gasteiger partial charge in [0, 0.05) is 31.1 Å². The van der Waals surface area contributed by atoms with Crippen LogP contribution in [-0.4, -0.2) is 22.6 Å². The van der Waals surface area contributed by atoms with Gasteiger partial charge in [0.25, 0.3) is 0 Å². The molecule has 0 spiro atoms. The standard InChI is InChI=1S/C13H23N3O/c1-4-17-12(9(2)3)13-15-8-11(16-13)7-14-10-5-6-10/h8-10,12,14H,4-7H2,1-3H3,(H,15,16). The lowest BCUT2D eigenvalue weighted by molar-refractivity contribution is 0.0237. The minimum absolute atomic E-state index is 0.0784. The van der Waals surface area contributed by atoms with Crippen molar-refractivity contribution >= 4 is 0 Å². The summed E-state index contributed by atoms with van der Waals surface area (Å²) < 4.78 is 5.73. The fraction of sp³-hybridized carbons (Fsp3) is 0.769. The quantitative estimate of drug-likeness (QED) is 0.765. The van der Waals surface area contributed by atoms with Crippen molar-refractivity contribution < 1.29 is 4.74 Å². The largest absolute Gasteiger partial charge is 0.370 e. The number of hydrogen-bond donors (Lipinski definition) is 2. The Morgan fingerprint density at radius 3 is 2.88 bits per heavy atom. The van der Waals surface area contributed by atoms with Gasteiger partial charge in [0.1, 0.15) is 11.9 Å². The van der Waals surface area contributed by atoms with Crippen molar-refractivity contribution in [1.82, 2.24) is 15.3 Å². The minimum Gasteiger partial charge on any atom is -0.370 e. The molecule has 0 aromatic carbocycles. The van der Waals surface area contributed by atoms with Gasteiger partial charge in [-0.3, -0.25) is 0 Å². The number of H-pyrrole nitrogens is 1. The lowest BCUT2D eigenvalue weighted by Gasteiger charge is -2.18. The Balaban J connectivity index is 1.93. The van der Waals surface area contributed by atoms with E-state index in [0.29, 0.717) is 5.92 Å². The minimum atomic E-state index is 0.0784. The molecule has 1 aliphatic carbocycles. The second-order valence-electron chi connectivity index (χ2n) is 5.07. The van der Waals surface area contributed by atoms with Crippen LogP contribution >= 0.6 is 0 Å². The molecule has 1 aromatic heterocycles. The predicted octanol–water partition coefficient (Wildman–Crippen LogP) is 2.40. The van der Waals surface area contributed by atoms with Crippen molar-refractivity contribution in [2.75, 3.05) is 6.61 Å². The van der Waals surface area contributed by atoms with Crippen molar-refractivity contribution in [1.29, 1.82) is 0 Å². The van der Waals surface area contributed by atoms with Crippen LogP contribution in [0.4, 0.5) is 0 Å². The molecule has 0 saturated heterocycles. The molecule has 1 heterocycles. The van der Waals surface area contributed by atoms with Crippen LogP contribution in [-0.2, 0) is 11.3 Å². The molecule has 1 aliphatic rings. The summed E-state index contributed by atoms with van der Waals surface area (Å²) in [5, 5.41) is 3.47. The van der Waals surface area contributed by atoms with E-state index in [1.807, 2.05) is 13.1 Å². The third-order valence-corrected chi connectivity index (χ3v) is 3.03. The van der Waals surface area contributed by atoms with E-state index in [2.05, 4.69) is 29.1 Å². The van der Waals surface area contributed by atoms with Gasteiger partial charge in [-0.2, -0.15) is 0 Å². The summed E-state index contributed by atoms with van der Waals surface area (Å²) in [6.45, 7) is 7.94. The molecule has 1 aromatic rings. The number of nitrogens with zero attached hydrogens (tertiary/aromatic N) is 1. The molecular weight excluding hydrogens is 214 g/mol. The van der Waals surface area contributed by atoms with Crippen LogP contribution in [0.1, 0.15) is 51.2 Å². The zero-order valence-corrected chi connectivity index (χ0v) is 11.0. The van der Waals surface area contributed by atoms with Crippen LogP contribution < -0.4 is 5.32 Å². The number of rotatable bonds is 7. The van der Waals surface area contributed by atoms with E-state index < -0.39 is 0 Å². The van der Waals surface area contributed by atoms with Gasteiger partial charge >= 0.3 is 0 Å². The molecule has 0 aliphatic heterocycles. The van der Waals surface area contributed by atoms with Gasteiger partial charge in [-0.15, -0.1) is 0 Å². The smallest absolute Gasteiger partial charge is 0.135 e. The molecule has 96 valence electrons. The van der Waals surface area contributed by atoms with Crippen molar-refractivity contribution in [3.05, 3.63) is 17.7 Å². The van der Waals surface area contributed by atoms with Gasteiger partial charge in [-0.05, 0) is 25.7 Å². The Labute approximate surface area is 103 Å². The molecule has 1 unspecified atom stereocenters. The maximum Gasteiger partial charge on any atom is 0.135 e. The first-order chi connectivity index (χ1) is 8.20. The van der Waals surface area contributed by atoms with Crippen LogP contribution in [0.3, 0.4) is 0 Å². The first-order valence-electron chi connectivity index (χ1n) is 6.59. The number of aromatic amines is 1. The second kappa shape index (κ2) is 5.65. The molecular formula is C13H23N3O. The van der Waals surface area contributed by atoms with Gasteiger partial charge in [0.2, 0.25) is 0 Å². The fourth-order valence-corrected chi connectivity index (χ4v) is 1.92. The van der Waals surface area contributed by atoms with E-state index in [-0.39, 0.29) is 6.10 Å². The number of ether oxygens (including phenoxy) is 1. The molecule has 0 bridgehead atoms. The Hall–Kier alpha value is -0.870. The van der Waals surface area contributed by atoms with Crippen molar-refractivity contribution in [2.45, 2.75) is 52.3 Å². The summed E-state index contributed by atoms with van der Waals surface area (Å²) in [7, 11) is 0. The van der Waals surface area contributed by atoms with E-state index >= 15 is 0 Å². The van der Waals surface area contributed by atoms with Crippen LogP contribution in [0.25, 0.3) is 0 Å². The summed E-state index contributed by atoms with van der Waals surface area (Å²) in [6.07, 6.45) is 4.62. The normalized spacial score (nSPS) is 17.6. The number of imidazole rings is 1. The third-order valence-electron chi connectivity index (χ3n) is 3.03. The summed E-state index contributed by atoms with van der Waals surface area (Å²) in [5.41, 5.74) is 1.15. The fourth-order valence-electron chi connectivity index (χ4n) is 1.92. The molecule has 2 N–H and O–H groups in total. The molecule has 1 atom stereocenters. The zero-order chi connectivity index (χ0) is 12.3. The summed E-state index contributed by atoms with van der Waals surface area (Å²) in [4.78, 5) is 7.80. The lowest BCUT2D eigenvalue weighted by Crippen LogP contribution is -2.16. The monoisotopic (exact) mass is 237 g/mol. The maximum atomic E-state index is 5.73. The highest BCUT2D eigenvalue weighted by molar-refractivity contribution is 5.05. The third kappa shape index (κ3) is 3.54. The van der Waals surface area contributed by atoms with Crippen molar-refractivity contribution in [2.24, 2.45) is 5.92 Å². The van der Waals surface area contributed by atoms with Crippen LogP contribution in [0.15, 0.2) is 6.20 Å². The van der Waals surface area contributed by atoms with Gasteiger partial charge < -0.3 is 15.0 Å². The molecule has 0 radical (unpaired) electrons. The molecule has 17 heavy (non-hydrogen) atoms. The molecule has 1 fully saturated rings. The predicted molar refractivity (Wildman–Crippen MR) is 67.7 cm³/mol. The summed E-state index contributed by atoms with van der Waals surface area (Å²) in [5.74, 6) is 1.39. The van der Waals surface area contributed by atoms with E-state index in [4.69, 9.17) is 4.74 Å². The highest BCUT2D eigenvalue weighted by Gasteiger charge is 2.22. The van der Waals surface area contributed by atoms with Crippen LogP contribution in [0.5, 0.6) is 0 Å². The van der Waals surface area contributed by atoms with E-state index in [1.54, 1.807) is 0 Å². The molecule has 4 nitrogen and oxygen atoms in total. The summed E-state index contributed by atoms with van der Waals surface area (Å²) in [6, 6.07) is 0.731. The Kier molecular flexibility index (Phi) is 4.18. The number of hydrogen-bond acceptors (Lipinski definition) is 3. The Morgan fingerprint density at radius 2 is 2.29 bits per heavy atom. The van der Waals surface area contributed by atoms with Gasteiger partial charge in [0.15, 0.2) is 0 Å². The van der Waals surface area contributed by atoms with Crippen LogP contribution in [0.2, 0.25) is 0 Å². The summed E-state index contributed by atoms with van der Waals surface area (Å²) >= 11 is 0. The van der Waals surface area contributed by atoms with E-state index in [1.165, 1.54) is 12.8 Å². The second-order valence-corrected chi connectivity index (χ2v) is 5.07. The highest BCUT2D eigenvalue weighted by atomic mass is 16.5. The van der Waals surface area contributed by atoms with Crippen molar-refractivity contribution in [3.63, 3.8) is 0 Å². The van der Waals surface area contributed by atoms with Gasteiger partial charge in [-0.1, -0.05) is 13.8 Å². The molecule has 1 saturated carbocycles. The number of aromatic nitrogens is 2. The van der Waals surface area contributed by atoms with E-state index in [0.717, 1.165) is 30.7 Å².